The lowest BCUT2D eigenvalue weighted by Crippen LogP contribution is -2.40. The molecule has 0 aliphatic carbocycles. The van der Waals surface area contributed by atoms with Crippen molar-refractivity contribution in [1.29, 1.82) is 0 Å². The number of thiophene rings is 2. The number of aromatic nitrogens is 3. The lowest BCUT2D eigenvalue weighted by molar-refractivity contribution is 0.0658. The van der Waals surface area contributed by atoms with Gasteiger partial charge in [-0.05, 0) is 41.7 Å². The van der Waals surface area contributed by atoms with Crippen molar-refractivity contribution in [1.82, 2.24) is 20.2 Å². The highest BCUT2D eigenvalue weighted by molar-refractivity contribution is 7.13. The van der Waals surface area contributed by atoms with E-state index in [0.717, 1.165) is 29.8 Å². The van der Waals surface area contributed by atoms with Crippen molar-refractivity contribution in [2.45, 2.75) is 19.3 Å². The standard InChI is InChI=1S/C20H18N4O3S2/c25-20(15-10-16(26-22-15)17-4-2-7-29-17)24-6-1-3-13(11-24)9-18-21-19(23-27-18)14-5-8-28-12-14/h2,4-5,7-8,10,12-13H,1,3,6,9,11H2/t13-/m0/s1. The molecule has 7 nitrogen and oxygen atoms in total. The van der Waals surface area contributed by atoms with Crippen molar-refractivity contribution in [2.24, 2.45) is 5.92 Å². The number of hydrogen-bond donors (Lipinski definition) is 0. The average molecular weight is 427 g/mol. The summed E-state index contributed by atoms with van der Waals surface area (Å²) in [5.41, 5.74) is 1.32. The third-order valence-electron chi connectivity index (χ3n) is 5.01. The van der Waals surface area contributed by atoms with Crippen LogP contribution in [0, 0.1) is 5.92 Å². The van der Waals surface area contributed by atoms with Gasteiger partial charge < -0.3 is 13.9 Å². The van der Waals surface area contributed by atoms with Crippen molar-refractivity contribution < 1.29 is 13.8 Å². The smallest absolute Gasteiger partial charge is 0.276 e. The average Bonchev–Trinajstić information content (AvgIpc) is 3.54. The second-order valence-electron chi connectivity index (χ2n) is 7.04. The van der Waals surface area contributed by atoms with Gasteiger partial charge in [0.05, 0.1) is 4.88 Å². The van der Waals surface area contributed by atoms with Crippen LogP contribution in [0.2, 0.25) is 0 Å². The largest absolute Gasteiger partial charge is 0.355 e. The molecule has 0 unspecified atom stereocenters. The molecule has 1 fully saturated rings. The van der Waals surface area contributed by atoms with Crippen LogP contribution in [0.3, 0.4) is 0 Å². The summed E-state index contributed by atoms with van der Waals surface area (Å²) in [4.78, 5) is 20.2. The molecule has 0 N–H and O–H groups in total. The third-order valence-corrected chi connectivity index (χ3v) is 6.58. The summed E-state index contributed by atoms with van der Waals surface area (Å²) >= 11 is 3.16. The number of amides is 1. The molecule has 1 amide bonds. The molecular formula is C20H18N4O3S2. The molecule has 148 valence electrons. The topological polar surface area (TPSA) is 85.3 Å². The van der Waals surface area contributed by atoms with E-state index in [4.69, 9.17) is 9.05 Å². The summed E-state index contributed by atoms with van der Waals surface area (Å²) in [6.45, 7) is 1.37. The van der Waals surface area contributed by atoms with Crippen LogP contribution in [0.25, 0.3) is 22.0 Å². The molecule has 0 radical (unpaired) electrons. The van der Waals surface area contributed by atoms with Crippen molar-refractivity contribution in [3.63, 3.8) is 0 Å². The number of rotatable bonds is 5. The van der Waals surface area contributed by atoms with Crippen LogP contribution in [-0.4, -0.2) is 39.2 Å². The van der Waals surface area contributed by atoms with E-state index < -0.39 is 0 Å². The van der Waals surface area contributed by atoms with Crippen LogP contribution >= 0.6 is 22.7 Å². The number of carbonyl (C=O) groups excluding carboxylic acids is 1. The van der Waals surface area contributed by atoms with E-state index >= 15 is 0 Å². The zero-order valence-electron chi connectivity index (χ0n) is 15.5. The molecule has 1 aliphatic heterocycles. The fourth-order valence-corrected chi connectivity index (χ4v) is 4.89. The molecule has 4 aromatic rings. The summed E-state index contributed by atoms with van der Waals surface area (Å²) in [5.74, 6) is 2.06. The van der Waals surface area contributed by atoms with Gasteiger partial charge >= 0.3 is 0 Å². The monoisotopic (exact) mass is 426 g/mol. The molecule has 29 heavy (non-hydrogen) atoms. The molecule has 0 spiro atoms. The number of carbonyl (C=O) groups is 1. The van der Waals surface area contributed by atoms with Crippen molar-refractivity contribution in [3.05, 3.63) is 52.0 Å². The number of piperidine rings is 1. The van der Waals surface area contributed by atoms with Gasteiger partial charge in [-0.25, -0.2) is 0 Å². The van der Waals surface area contributed by atoms with E-state index in [0.29, 0.717) is 36.1 Å². The third kappa shape index (κ3) is 3.88. The SMILES string of the molecule is O=C(c1cc(-c2cccs2)on1)N1CCC[C@@H](Cc2nc(-c3ccsc3)no2)C1. The van der Waals surface area contributed by atoms with Crippen LogP contribution in [0.4, 0.5) is 0 Å². The second kappa shape index (κ2) is 7.92. The quantitative estimate of drug-likeness (QED) is 0.463. The lowest BCUT2D eigenvalue weighted by Gasteiger charge is -2.31. The van der Waals surface area contributed by atoms with Crippen LogP contribution in [-0.2, 0) is 6.42 Å². The Balaban J connectivity index is 1.24. The normalized spacial score (nSPS) is 17.0. The van der Waals surface area contributed by atoms with Crippen LogP contribution in [0.15, 0.2) is 49.5 Å². The fraction of sp³-hybridized carbons (Fsp3) is 0.300. The summed E-state index contributed by atoms with van der Waals surface area (Å²) in [6, 6.07) is 7.59. The van der Waals surface area contributed by atoms with Crippen molar-refractivity contribution in [3.8, 4) is 22.0 Å². The van der Waals surface area contributed by atoms with E-state index in [1.807, 2.05) is 39.2 Å². The van der Waals surface area contributed by atoms with Crippen LogP contribution in [0.1, 0.15) is 29.2 Å². The molecule has 1 aliphatic rings. The predicted octanol–water partition coefficient (Wildman–Crippen LogP) is 4.61. The molecule has 5 rings (SSSR count). The number of likely N-dealkylation sites (tertiary alicyclic amines) is 1. The number of nitrogens with zero attached hydrogens (tertiary/aromatic N) is 4. The molecule has 1 saturated heterocycles. The van der Waals surface area contributed by atoms with Crippen LogP contribution < -0.4 is 0 Å². The summed E-state index contributed by atoms with van der Waals surface area (Å²) in [6.07, 6.45) is 2.64. The molecule has 9 heteroatoms. The van der Waals surface area contributed by atoms with E-state index in [1.165, 1.54) is 0 Å². The Hall–Kier alpha value is -2.78. The Morgan fingerprint density at radius 1 is 1.24 bits per heavy atom. The first-order valence-corrected chi connectivity index (χ1v) is 11.2. The number of hydrogen-bond acceptors (Lipinski definition) is 8. The highest BCUT2D eigenvalue weighted by Crippen LogP contribution is 2.27. The van der Waals surface area contributed by atoms with Crippen LogP contribution in [0.5, 0.6) is 0 Å². The molecule has 0 saturated carbocycles. The fourth-order valence-electron chi connectivity index (χ4n) is 3.58. The maximum atomic E-state index is 12.9. The molecule has 1 atom stereocenters. The van der Waals surface area contributed by atoms with Gasteiger partial charge in [0.25, 0.3) is 5.91 Å². The molecule has 5 heterocycles. The minimum atomic E-state index is -0.0919. The molecular weight excluding hydrogens is 408 g/mol. The molecule has 0 bridgehead atoms. The zero-order chi connectivity index (χ0) is 19.6. The van der Waals surface area contributed by atoms with Crippen molar-refractivity contribution >= 4 is 28.6 Å². The first-order valence-electron chi connectivity index (χ1n) is 9.41. The lowest BCUT2D eigenvalue weighted by atomic mass is 9.94. The van der Waals surface area contributed by atoms with Gasteiger partial charge in [-0.3, -0.25) is 4.79 Å². The van der Waals surface area contributed by atoms with E-state index in [-0.39, 0.29) is 11.8 Å². The Kier molecular flexibility index (Phi) is 4.99. The van der Waals surface area contributed by atoms with E-state index in [9.17, 15) is 4.79 Å². The maximum Gasteiger partial charge on any atom is 0.276 e. The molecule has 0 aromatic carbocycles. The van der Waals surface area contributed by atoms with Gasteiger partial charge in [0, 0.05) is 36.5 Å². The van der Waals surface area contributed by atoms with E-state index in [1.54, 1.807) is 28.7 Å². The predicted molar refractivity (Wildman–Crippen MR) is 110 cm³/mol. The highest BCUT2D eigenvalue weighted by Gasteiger charge is 2.28. The Morgan fingerprint density at radius 2 is 2.21 bits per heavy atom. The zero-order valence-corrected chi connectivity index (χ0v) is 17.1. The summed E-state index contributed by atoms with van der Waals surface area (Å²) in [7, 11) is 0. The minimum Gasteiger partial charge on any atom is -0.355 e. The van der Waals surface area contributed by atoms with Crippen molar-refractivity contribution in [2.75, 3.05) is 13.1 Å². The highest BCUT2D eigenvalue weighted by atomic mass is 32.1. The summed E-state index contributed by atoms with van der Waals surface area (Å²) < 4.78 is 10.8. The maximum absolute atomic E-state index is 12.9. The Bertz CT molecular complexity index is 1090. The van der Waals surface area contributed by atoms with Gasteiger partial charge in [-0.15, -0.1) is 11.3 Å². The Morgan fingerprint density at radius 3 is 3.03 bits per heavy atom. The molecule has 4 aromatic heterocycles. The summed E-state index contributed by atoms with van der Waals surface area (Å²) in [5, 5.41) is 14.0. The van der Waals surface area contributed by atoms with Gasteiger partial charge in [0.1, 0.15) is 0 Å². The van der Waals surface area contributed by atoms with Gasteiger partial charge in [0.2, 0.25) is 11.7 Å². The minimum absolute atomic E-state index is 0.0919. The van der Waals surface area contributed by atoms with Gasteiger partial charge in [-0.2, -0.15) is 16.3 Å². The van der Waals surface area contributed by atoms with Gasteiger partial charge in [0.15, 0.2) is 11.5 Å². The Labute approximate surface area is 175 Å². The first-order chi connectivity index (χ1) is 14.3. The second-order valence-corrected chi connectivity index (χ2v) is 8.77. The first kappa shape index (κ1) is 18.3. The van der Waals surface area contributed by atoms with Gasteiger partial charge in [-0.1, -0.05) is 16.4 Å². The van der Waals surface area contributed by atoms with E-state index in [2.05, 4.69) is 15.3 Å².